The van der Waals surface area contributed by atoms with Gasteiger partial charge in [0.25, 0.3) is 0 Å². The third-order valence-corrected chi connectivity index (χ3v) is 7.50. The van der Waals surface area contributed by atoms with Crippen molar-refractivity contribution < 1.29 is 14.1 Å². The second-order valence-corrected chi connectivity index (χ2v) is 9.43. The Morgan fingerprint density at radius 1 is 1.26 bits per heavy atom. The first-order chi connectivity index (χ1) is 16.9. The largest absolute Gasteiger partial charge is 0.488 e. The third kappa shape index (κ3) is 3.11. The van der Waals surface area contributed by atoms with Gasteiger partial charge in [-0.05, 0) is 51.1 Å². The molecule has 1 N–H and O–H groups in total. The zero-order valence-electron chi connectivity index (χ0n) is 20.3. The molecule has 2 atom stereocenters. The Hall–Kier alpha value is -3.72. The highest BCUT2D eigenvalue weighted by Crippen LogP contribution is 2.47. The minimum Gasteiger partial charge on any atom is -0.488 e. The molecule has 0 saturated carbocycles. The number of hydrogen-bond acceptors (Lipinski definition) is 7. The van der Waals surface area contributed by atoms with Crippen LogP contribution in [0.3, 0.4) is 0 Å². The number of carbonyl (C=O) groups excluding carboxylic acids is 1. The van der Waals surface area contributed by atoms with Crippen molar-refractivity contribution in [2.75, 3.05) is 26.7 Å². The zero-order chi connectivity index (χ0) is 24.3. The Bertz CT molecular complexity index is 1420. The Balaban J connectivity index is 1.68. The summed E-state index contributed by atoms with van der Waals surface area (Å²) in [5, 5.41) is 7.62. The van der Waals surface area contributed by atoms with Gasteiger partial charge < -0.3 is 24.0 Å². The molecule has 1 saturated heterocycles. The van der Waals surface area contributed by atoms with E-state index in [4.69, 9.17) is 14.2 Å². The average Bonchev–Trinajstić information content (AvgIpc) is 3.59. The number of nitrogens with one attached hydrogen (secondary N) is 1. The van der Waals surface area contributed by atoms with Crippen LogP contribution in [-0.4, -0.2) is 57.2 Å². The summed E-state index contributed by atoms with van der Waals surface area (Å²) in [4.78, 5) is 24.3. The molecule has 5 heterocycles. The quantitative estimate of drug-likeness (QED) is 0.486. The number of pyridine rings is 1. The second-order valence-electron chi connectivity index (χ2n) is 9.43. The van der Waals surface area contributed by atoms with Gasteiger partial charge in [0, 0.05) is 32.3 Å². The van der Waals surface area contributed by atoms with Gasteiger partial charge in [-0.3, -0.25) is 9.78 Å². The number of carbonyl (C=O) groups is 1. The summed E-state index contributed by atoms with van der Waals surface area (Å²) in [6.07, 6.45) is 2.57. The average molecular weight is 473 g/mol. The highest BCUT2D eigenvalue weighted by atomic mass is 16.5. The number of rotatable bonds is 4. The van der Waals surface area contributed by atoms with Gasteiger partial charge in [0.1, 0.15) is 35.3 Å². The van der Waals surface area contributed by atoms with Gasteiger partial charge in [-0.25, -0.2) is 4.98 Å². The monoisotopic (exact) mass is 472 g/mol. The van der Waals surface area contributed by atoms with Crippen LogP contribution in [-0.2, 0) is 10.3 Å². The molecule has 0 radical (unpaired) electrons. The number of amides is 1. The molecule has 1 amide bonds. The molecule has 0 unspecified atom stereocenters. The van der Waals surface area contributed by atoms with Gasteiger partial charge in [-0.15, -0.1) is 0 Å². The number of nitrogens with zero attached hydrogens (tertiary/aromatic N) is 5. The van der Waals surface area contributed by atoms with Crippen LogP contribution >= 0.6 is 0 Å². The Morgan fingerprint density at radius 2 is 2.11 bits per heavy atom. The van der Waals surface area contributed by atoms with Gasteiger partial charge in [0.2, 0.25) is 5.91 Å². The summed E-state index contributed by atoms with van der Waals surface area (Å²) in [7, 11) is 1.87. The van der Waals surface area contributed by atoms with Crippen molar-refractivity contribution >= 4 is 16.9 Å². The van der Waals surface area contributed by atoms with Crippen LogP contribution in [0.15, 0.2) is 41.1 Å². The first-order valence-corrected chi connectivity index (χ1v) is 11.9. The Morgan fingerprint density at radius 3 is 2.77 bits per heavy atom. The van der Waals surface area contributed by atoms with Crippen LogP contribution in [0.5, 0.6) is 5.75 Å². The maximum absolute atomic E-state index is 12.6. The maximum Gasteiger partial charge on any atom is 0.220 e. The van der Waals surface area contributed by atoms with Crippen LogP contribution in [0.4, 0.5) is 0 Å². The number of hydrogen-bond donors (Lipinski definition) is 1. The van der Waals surface area contributed by atoms with E-state index in [1.807, 2.05) is 56.1 Å². The topological polar surface area (TPSA) is 98.3 Å². The summed E-state index contributed by atoms with van der Waals surface area (Å²) < 4.78 is 14.2. The van der Waals surface area contributed by atoms with Crippen molar-refractivity contribution in [2.45, 2.75) is 38.8 Å². The van der Waals surface area contributed by atoms with Crippen molar-refractivity contribution in [2.24, 2.45) is 0 Å². The standard InChI is InChI=1S/C26H28N6O3/c1-15-22(16(2)35-30-15)18-8-9-20-23-24(18)34-13-21(19-7-5-6-11-28-19)32(23)25(29-20)26(10-12-27-14-26)31(4)17(3)33/h5-9,11,21,27H,10,12-14H2,1-4H3/t21-,26-/m1/s1. The summed E-state index contributed by atoms with van der Waals surface area (Å²) in [5.74, 6) is 2.36. The van der Waals surface area contributed by atoms with Crippen molar-refractivity contribution in [1.82, 2.24) is 29.9 Å². The highest BCUT2D eigenvalue weighted by Gasteiger charge is 2.47. The van der Waals surface area contributed by atoms with E-state index >= 15 is 0 Å². The van der Waals surface area contributed by atoms with E-state index in [0.29, 0.717) is 13.2 Å². The smallest absolute Gasteiger partial charge is 0.220 e. The molecular weight excluding hydrogens is 444 g/mol. The lowest BCUT2D eigenvalue weighted by Crippen LogP contribution is -2.50. The van der Waals surface area contributed by atoms with Gasteiger partial charge >= 0.3 is 0 Å². The minimum absolute atomic E-state index is 0.00614. The molecule has 0 bridgehead atoms. The molecular formula is C26H28N6O3. The lowest BCUT2D eigenvalue weighted by molar-refractivity contribution is -0.133. The molecule has 180 valence electrons. The molecule has 2 aliphatic heterocycles. The summed E-state index contributed by atoms with van der Waals surface area (Å²) in [6, 6.07) is 9.78. The van der Waals surface area contributed by atoms with Gasteiger partial charge in [-0.1, -0.05) is 11.2 Å². The van der Waals surface area contributed by atoms with E-state index < -0.39 is 5.54 Å². The Labute approximate surface area is 203 Å². The minimum atomic E-state index is -0.574. The van der Waals surface area contributed by atoms with Crippen molar-refractivity contribution in [3.05, 3.63) is 59.5 Å². The molecule has 3 aromatic heterocycles. The molecule has 1 aromatic carbocycles. The lowest BCUT2D eigenvalue weighted by atomic mass is 9.94. The number of likely N-dealkylation sites (N-methyl/N-ethyl adjacent to an activating group) is 1. The first kappa shape index (κ1) is 21.8. The fourth-order valence-electron chi connectivity index (χ4n) is 5.63. The molecule has 0 aliphatic carbocycles. The Kier molecular flexibility index (Phi) is 4.93. The van der Waals surface area contributed by atoms with Crippen LogP contribution in [0.25, 0.3) is 22.2 Å². The number of ether oxygens (including phenoxy) is 1. The van der Waals surface area contributed by atoms with E-state index in [9.17, 15) is 4.79 Å². The lowest BCUT2D eigenvalue weighted by Gasteiger charge is -2.39. The SMILES string of the molecule is CC(=O)N(C)[C@]1(c2nc3ccc(-c4c(C)noc4C)c4c3n2[C@@H](c2ccccn2)CO4)CCNC1. The van der Waals surface area contributed by atoms with Crippen LogP contribution in [0.1, 0.15) is 42.4 Å². The van der Waals surface area contributed by atoms with E-state index in [-0.39, 0.29) is 11.9 Å². The van der Waals surface area contributed by atoms with E-state index in [1.165, 1.54) is 0 Å². The van der Waals surface area contributed by atoms with E-state index in [0.717, 1.165) is 63.8 Å². The molecule has 9 heteroatoms. The predicted octanol–water partition coefficient (Wildman–Crippen LogP) is 3.35. The van der Waals surface area contributed by atoms with Crippen molar-refractivity contribution in [1.29, 1.82) is 0 Å². The maximum atomic E-state index is 12.6. The number of aryl methyl sites for hydroxylation is 2. The number of imidazole rings is 1. The molecule has 4 aromatic rings. The number of aromatic nitrogens is 4. The third-order valence-electron chi connectivity index (χ3n) is 7.50. The van der Waals surface area contributed by atoms with Gasteiger partial charge in [0.05, 0.1) is 22.5 Å². The van der Waals surface area contributed by atoms with Crippen molar-refractivity contribution in [3.8, 4) is 16.9 Å². The van der Waals surface area contributed by atoms with E-state index in [2.05, 4.69) is 20.0 Å². The highest BCUT2D eigenvalue weighted by molar-refractivity contribution is 5.93. The molecule has 1 fully saturated rings. The second kappa shape index (κ2) is 7.91. The zero-order valence-corrected chi connectivity index (χ0v) is 20.3. The van der Waals surface area contributed by atoms with Crippen LogP contribution in [0.2, 0.25) is 0 Å². The summed E-state index contributed by atoms with van der Waals surface area (Å²) in [6.45, 7) is 7.30. The normalized spacial score (nSPS) is 21.3. The predicted molar refractivity (Wildman–Crippen MR) is 130 cm³/mol. The number of benzene rings is 1. The van der Waals surface area contributed by atoms with Gasteiger partial charge in [0.15, 0.2) is 5.75 Å². The van der Waals surface area contributed by atoms with Gasteiger partial charge in [-0.2, -0.15) is 0 Å². The summed E-state index contributed by atoms with van der Waals surface area (Å²) >= 11 is 0. The molecule has 9 nitrogen and oxygen atoms in total. The van der Waals surface area contributed by atoms with Crippen LogP contribution < -0.4 is 10.1 Å². The van der Waals surface area contributed by atoms with Crippen LogP contribution in [0, 0.1) is 13.8 Å². The fraction of sp³-hybridized carbons (Fsp3) is 0.385. The summed E-state index contributed by atoms with van der Waals surface area (Å²) in [5.41, 5.74) is 4.73. The molecule has 6 rings (SSSR count). The molecule has 2 aliphatic rings. The molecule has 35 heavy (non-hydrogen) atoms. The molecule has 0 spiro atoms. The fourth-order valence-corrected chi connectivity index (χ4v) is 5.63. The first-order valence-electron chi connectivity index (χ1n) is 11.9. The van der Waals surface area contributed by atoms with E-state index in [1.54, 1.807) is 13.1 Å². The van der Waals surface area contributed by atoms with Crippen molar-refractivity contribution in [3.63, 3.8) is 0 Å².